The van der Waals surface area contributed by atoms with Crippen LogP contribution in [0, 0.1) is 20.8 Å². The second kappa shape index (κ2) is 6.19. The molecule has 4 rings (SSSR count). The first-order valence-electron chi connectivity index (χ1n) is 10.2. The minimum Gasteiger partial charge on any atom is -0.198 e. The first-order valence-corrected chi connectivity index (χ1v) is 10.2. The third-order valence-electron chi connectivity index (χ3n) is 6.54. The number of hydrogen-bond donors (Lipinski definition) is 0. The molecule has 2 aromatic carbocycles. The quantitative estimate of drug-likeness (QED) is 0.467. The van der Waals surface area contributed by atoms with Gasteiger partial charge in [-0.05, 0) is 83.9 Å². The van der Waals surface area contributed by atoms with Gasteiger partial charge >= 0.3 is 0 Å². The average molecular weight is 359 g/mol. The zero-order valence-electron chi connectivity index (χ0n) is 18.0. The summed E-state index contributed by atoms with van der Waals surface area (Å²) in [6.45, 7) is 13.7. The molecular weight excluding hydrogens is 326 g/mol. The van der Waals surface area contributed by atoms with E-state index in [0.29, 0.717) is 0 Å². The van der Waals surface area contributed by atoms with Gasteiger partial charge in [0.15, 0.2) is 5.69 Å². The van der Waals surface area contributed by atoms with Gasteiger partial charge in [0.2, 0.25) is 5.69 Å². The highest BCUT2D eigenvalue weighted by Crippen LogP contribution is 2.36. The van der Waals surface area contributed by atoms with E-state index in [1.807, 2.05) is 0 Å². The number of aromatic nitrogens is 1. The summed E-state index contributed by atoms with van der Waals surface area (Å²) < 4.78 is 2.39. The molecule has 0 N–H and O–H groups in total. The van der Waals surface area contributed by atoms with Crippen molar-refractivity contribution in [3.05, 3.63) is 63.8 Å². The molecular formula is C26H32N+. The Hall–Kier alpha value is -2.15. The lowest BCUT2D eigenvalue weighted by molar-refractivity contribution is -0.665. The Bertz CT molecular complexity index is 1060. The molecule has 27 heavy (non-hydrogen) atoms. The van der Waals surface area contributed by atoms with Crippen LogP contribution in [-0.2, 0) is 25.3 Å². The fourth-order valence-electron chi connectivity index (χ4n) is 4.51. The van der Waals surface area contributed by atoms with Crippen molar-refractivity contribution < 1.29 is 4.57 Å². The van der Waals surface area contributed by atoms with Crippen molar-refractivity contribution in [1.82, 2.24) is 0 Å². The van der Waals surface area contributed by atoms with E-state index in [2.05, 4.69) is 83.5 Å². The zero-order chi connectivity index (χ0) is 19.5. The van der Waals surface area contributed by atoms with Crippen LogP contribution >= 0.6 is 0 Å². The molecule has 0 radical (unpaired) electrons. The van der Waals surface area contributed by atoms with Crippen LogP contribution in [0.3, 0.4) is 0 Å². The number of rotatable bonds is 1. The molecule has 0 unspecified atom stereocenters. The summed E-state index contributed by atoms with van der Waals surface area (Å²) in [5, 5.41) is 2.79. The highest BCUT2D eigenvalue weighted by molar-refractivity contribution is 5.95. The zero-order valence-corrected chi connectivity index (χ0v) is 18.0. The van der Waals surface area contributed by atoms with Crippen LogP contribution < -0.4 is 4.57 Å². The molecule has 0 saturated carbocycles. The maximum absolute atomic E-state index is 2.48. The van der Waals surface area contributed by atoms with E-state index in [4.69, 9.17) is 0 Å². The molecule has 0 saturated heterocycles. The molecule has 0 amide bonds. The Morgan fingerprint density at radius 1 is 0.852 bits per heavy atom. The van der Waals surface area contributed by atoms with Gasteiger partial charge in [-0.25, -0.2) is 0 Å². The molecule has 3 aromatic rings. The number of aryl methyl sites for hydroxylation is 4. The first kappa shape index (κ1) is 18.2. The Morgan fingerprint density at radius 3 is 2.19 bits per heavy atom. The van der Waals surface area contributed by atoms with E-state index in [1.54, 1.807) is 11.1 Å². The monoisotopic (exact) mass is 358 g/mol. The Morgan fingerprint density at radius 2 is 1.52 bits per heavy atom. The van der Waals surface area contributed by atoms with Crippen LogP contribution in [-0.4, -0.2) is 0 Å². The lowest BCUT2D eigenvalue weighted by atomic mass is 9.82. The van der Waals surface area contributed by atoms with Gasteiger partial charge in [0.05, 0.1) is 10.9 Å². The third-order valence-corrected chi connectivity index (χ3v) is 6.54. The van der Waals surface area contributed by atoms with E-state index >= 15 is 0 Å². The van der Waals surface area contributed by atoms with Crippen molar-refractivity contribution in [3.8, 4) is 11.3 Å². The molecule has 1 aliphatic carbocycles. The summed E-state index contributed by atoms with van der Waals surface area (Å²) in [7, 11) is 2.22. The van der Waals surface area contributed by atoms with Crippen molar-refractivity contribution >= 4 is 10.8 Å². The molecule has 1 aromatic heterocycles. The van der Waals surface area contributed by atoms with Gasteiger partial charge in [-0.3, -0.25) is 0 Å². The number of nitrogens with zero attached hydrogens (tertiary/aromatic N) is 1. The van der Waals surface area contributed by atoms with Gasteiger partial charge < -0.3 is 0 Å². The smallest absolute Gasteiger partial charge is 0.198 e. The van der Waals surface area contributed by atoms with E-state index in [9.17, 15) is 0 Å². The molecule has 1 heterocycles. The second-order valence-electron chi connectivity index (χ2n) is 9.47. The molecule has 0 bridgehead atoms. The van der Waals surface area contributed by atoms with Crippen LogP contribution in [0.25, 0.3) is 22.0 Å². The fourth-order valence-corrected chi connectivity index (χ4v) is 4.51. The lowest BCUT2D eigenvalue weighted by Crippen LogP contribution is -2.35. The van der Waals surface area contributed by atoms with Gasteiger partial charge in [0.25, 0.3) is 0 Å². The summed E-state index contributed by atoms with van der Waals surface area (Å²) in [5.74, 6) is 0. The molecule has 1 aliphatic rings. The third kappa shape index (κ3) is 2.98. The normalized spacial score (nSPS) is 14.0. The highest BCUT2D eigenvalue weighted by atomic mass is 14.9. The molecule has 1 heteroatoms. The van der Waals surface area contributed by atoms with Crippen molar-refractivity contribution in [1.29, 1.82) is 0 Å². The molecule has 0 fully saturated rings. The predicted octanol–water partition coefficient (Wildman–Crippen LogP) is 6.04. The highest BCUT2D eigenvalue weighted by Gasteiger charge is 2.25. The van der Waals surface area contributed by atoms with Crippen molar-refractivity contribution in [3.63, 3.8) is 0 Å². The van der Waals surface area contributed by atoms with Crippen molar-refractivity contribution in [2.45, 2.75) is 66.2 Å². The van der Waals surface area contributed by atoms with Crippen LogP contribution in [0.15, 0.2) is 30.3 Å². The van der Waals surface area contributed by atoms with Crippen LogP contribution in [0.2, 0.25) is 0 Å². The van der Waals surface area contributed by atoms with Crippen molar-refractivity contribution in [2.75, 3.05) is 0 Å². The molecule has 140 valence electrons. The Kier molecular flexibility index (Phi) is 4.18. The number of benzene rings is 2. The summed E-state index contributed by atoms with van der Waals surface area (Å²) in [4.78, 5) is 0. The predicted molar refractivity (Wildman–Crippen MR) is 115 cm³/mol. The fraction of sp³-hybridized carbons (Fsp3) is 0.423. The topological polar surface area (TPSA) is 3.88 Å². The first-order chi connectivity index (χ1) is 12.7. The summed E-state index contributed by atoms with van der Waals surface area (Å²) in [6, 6.07) is 12.1. The van der Waals surface area contributed by atoms with Crippen LogP contribution in [0.1, 0.15) is 60.7 Å². The maximum atomic E-state index is 2.48. The molecule has 0 spiro atoms. The van der Waals surface area contributed by atoms with E-state index in [-0.39, 0.29) is 5.41 Å². The standard InChI is InChI=1S/C26H32N/c1-16-11-22(26(4,5)6)15-23(18(16)3)25-24-14-20-10-8-9-19(20)13-21(24)12-17(2)27(25)7/h11-15H,8-10H2,1-7H3/q+1. The minimum absolute atomic E-state index is 0.145. The van der Waals surface area contributed by atoms with E-state index in [1.165, 1.54) is 63.7 Å². The van der Waals surface area contributed by atoms with Crippen molar-refractivity contribution in [2.24, 2.45) is 7.05 Å². The largest absolute Gasteiger partial charge is 0.220 e. The Labute approximate surface area is 164 Å². The number of fused-ring (bicyclic) bond motifs is 2. The SMILES string of the molecule is Cc1cc(C(C)(C)C)cc(-c2c3cc4c(cc3cc(C)[n+]2C)CCC4)c1C. The maximum Gasteiger partial charge on any atom is 0.220 e. The average Bonchev–Trinajstić information content (AvgIpc) is 3.03. The van der Waals surface area contributed by atoms with Gasteiger partial charge in [-0.15, -0.1) is 0 Å². The number of pyridine rings is 1. The van der Waals surface area contributed by atoms with Gasteiger partial charge in [0.1, 0.15) is 7.05 Å². The molecule has 1 nitrogen and oxygen atoms in total. The summed E-state index contributed by atoms with van der Waals surface area (Å²) in [6.07, 6.45) is 3.75. The van der Waals surface area contributed by atoms with Gasteiger partial charge in [0, 0.05) is 13.0 Å². The summed E-state index contributed by atoms with van der Waals surface area (Å²) >= 11 is 0. The molecule has 0 aliphatic heterocycles. The van der Waals surface area contributed by atoms with Crippen LogP contribution in [0.5, 0.6) is 0 Å². The summed E-state index contributed by atoms with van der Waals surface area (Å²) in [5.41, 5.74) is 11.5. The van der Waals surface area contributed by atoms with Gasteiger partial charge in [-0.1, -0.05) is 32.9 Å². The minimum atomic E-state index is 0.145. The second-order valence-corrected chi connectivity index (χ2v) is 9.47. The van der Waals surface area contributed by atoms with E-state index in [0.717, 1.165) is 0 Å². The van der Waals surface area contributed by atoms with Crippen LogP contribution in [0.4, 0.5) is 0 Å². The molecule has 0 atom stereocenters. The lowest BCUT2D eigenvalue weighted by Gasteiger charge is -2.22. The number of hydrogen-bond acceptors (Lipinski definition) is 0. The van der Waals surface area contributed by atoms with Gasteiger partial charge in [-0.2, -0.15) is 4.57 Å². The Balaban J connectivity index is 2.10. The van der Waals surface area contributed by atoms with E-state index < -0.39 is 0 Å².